The van der Waals surface area contributed by atoms with Gasteiger partial charge in [0.1, 0.15) is 4.32 Å². The SMILES string of the molecule is O=C1/C(=C/c2cc([N+](=O)[O-])ccc2Sc2ccccc2)SC(=S)N1Cc1ccccc1. The molecule has 0 unspecified atom stereocenters. The molecule has 1 aliphatic rings. The first-order valence-corrected chi connectivity index (χ1v) is 11.4. The first-order chi connectivity index (χ1) is 15.0. The summed E-state index contributed by atoms with van der Waals surface area (Å²) in [4.78, 5) is 27.7. The number of benzene rings is 3. The Balaban J connectivity index is 1.66. The quantitative estimate of drug-likeness (QED) is 0.189. The van der Waals surface area contributed by atoms with Crippen molar-refractivity contribution in [2.75, 3.05) is 0 Å². The standard InChI is InChI=1S/C23H16N2O3S3/c26-22-21(31-23(29)24(22)15-16-7-3-1-4-8-16)14-17-13-18(25(27)28)11-12-20(17)30-19-9-5-2-6-10-19/h1-14H,15H2/b21-14-. The summed E-state index contributed by atoms with van der Waals surface area (Å²) < 4.78 is 0.475. The molecule has 0 bridgehead atoms. The number of nitro groups is 1. The molecule has 1 fully saturated rings. The molecule has 31 heavy (non-hydrogen) atoms. The van der Waals surface area contributed by atoms with E-state index in [1.54, 1.807) is 17.0 Å². The summed E-state index contributed by atoms with van der Waals surface area (Å²) in [5.74, 6) is -0.193. The van der Waals surface area contributed by atoms with Crippen molar-refractivity contribution in [3.05, 3.63) is 105 Å². The maximum Gasteiger partial charge on any atom is 0.270 e. The van der Waals surface area contributed by atoms with Gasteiger partial charge in [0.2, 0.25) is 0 Å². The molecule has 0 aliphatic carbocycles. The number of carbonyl (C=O) groups excluding carboxylic acids is 1. The van der Waals surface area contributed by atoms with Crippen LogP contribution in [0.5, 0.6) is 0 Å². The van der Waals surface area contributed by atoms with E-state index in [0.29, 0.717) is 21.3 Å². The summed E-state index contributed by atoms with van der Waals surface area (Å²) in [6.07, 6.45) is 1.70. The molecule has 0 radical (unpaired) electrons. The fourth-order valence-electron chi connectivity index (χ4n) is 3.01. The van der Waals surface area contributed by atoms with E-state index in [4.69, 9.17) is 12.2 Å². The largest absolute Gasteiger partial charge is 0.288 e. The van der Waals surface area contributed by atoms with E-state index in [2.05, 4.69) is 0 Å². The number of rotatable bonds is 6. The molecule has 0 spiro atoms. The maximum atomic E-state index is 13.0. The van der Waals surface area contributed by atoms with Crippen molar-refractivity contribution < 1.29 is 9.72 Å². The lowest BCUT2D eigenvalue weighted by atomic mass is 10.1. The van der Waals surface area contributed by atoms with Gasteiger partial charge < -0.3 is 0 Å². The van der Waals surface area contributed by atoms with Gasteiger partial charge in [-0.1, -0.05) is 84.3 Å². The lowest BCUT2D eigenvalue weighted by molar-refractivity contribution is -0.384. The molecule has 1 amide bonds. The van der Waals surface area contributed by atoms with Gasteiger partial charge in [-0.15, -0.1) is 0 Å². The van der Waals surface area contributed by atoms with Crippen LogP contribution in [-0.4, -0.2) is 20.1 Å². The van der Waals surface area contributed by atoms with E-state index in [1.807, 2.05) is 60.7 Å². The zero-order chi connectivity index (χ0) is 21.8. The molecule has 0 aromatic heterocycles. The van der Waals surface area contributed by atoms with E-state index >= 15 is 0 Å². The van der Waals surface area contributed by atoms with Crippen molar-refractivity contribution in [2.45, 2.75) is 16.3 Å². The monoisotopic (exact) mass is 464 g/mol. The predicted molar refractivity (Wildman–Crippen MR) is 129 cm³/mol. The van der Waals surface area contributed by atoms with E-state index in [9.17, 15) is 14.9 Å². The summed E-state index contributed by atoms with van der Waals surface area (Å²) in [6.45, 7) is 0.392. The molecule has 1 aliphatic heterocycles. The number of thiocarbonyl (C=S) groups is 1. The first-order valence-electron chi connectivity index (χ1n) is 9.32. The third-order valence-electron chi connectivity index (χ3n) is 4.52. The molecule has 3 aromatic carbocycles. The minimum absolute atomic E-state index is 0.0246. The zero-order valence-electron chi connectivity index (χ0n) is 16.1. The van der Waals surface area contributed by atoms with Crippen LogP contribution in [0.3, 0.4) is 0 Å². The highest BCUT2D eigenvalue weighted by atomic mass is 32.2. The average Bonchev–Trinajstić information content (AvgIpc) is 3.03. The number of carbonyl (C=O) groups is 1. The number of thioether (sulfide) groups is 1. The van der Waals surface area contributed by atoms with Crippen LogP contribution in [-0.2, 0) is 11.3 Å². The second kappa shape index (κ2) is 9.47. The molecule has 5 nitrogen and oxygen atoms in total. The Morgan fingerprint density at radius 3 is 2.39 bits per heavy atom. The minimum Gasteiger partial charge on any atom is -0.288 e. The van der Waals surface area contributed by atoms with Gasteiger partial charge >= 0.3 is 0 Å². The Morgan fingerprint density at radius 2 is 1.71 bits per heavy atom. The highest BCUT2D eigenvalue weighted by Crippen LogP contribution is 2.38. The van der Waals surface area contributed by atoms with Crippen LogP contribution in [0.25, 0.3) is 6.08 Å². The highest BCUT2D eigenvalue weighted by Gasteiger charge is 2.32. The van der Waals surface area contributed by atoms with Gasteiger partial charge in [0.25, 0.3) is 11.6 Å². The second-order valence-electron chi connectivity index (χ2n) is 6.65. The van der Waals surface area contributed by atoms with E-state index in [-0.39, 0.29) is 11.6 Å². The van der Waals surface area contributed by atoms with E-state index in [0.717, 1.165) is 15.4 Å². The molecule has 0 atom stereocenters. The average molecular weight is 465 g/mol. The maximum absolute atomic E-state index is 13.0. The number of hydrogen-bond acceptors (Lipinski definition) is 6. The minimum atomic E-state index is -0.436. The van der Waals surface area contributed by atoms with Crippen molar-refractivity contribution in [1.29, 1.82) is 0 Å². The van der Waals surface area contributed by atoms with Crippen molar-refractivity contribution >= 4 is 57.7 Å². The van der Waals surface area contributed by atoms with Crippen molar-refractivity contribution in [1.82, 2.24) is 4.90 Å². The number of amides is 1. The fraction of sp³-hybridized carbons (Fsp3) is 0.0435. The van der Waals surface area contributed by atoms with Gasteiger partial charge in [0.05, 0.1) is 16.4 Å². The zero-order valence-corrected chi connectivity index (χ0v) is 18.6. The number of nitrogens with zero attached hydrogens (tertiary/aromatic N) is 2. The molecule has 1 heterocycles. The number of nitro benzene ring substituents is 1. The Bertz CT molecular complexity index is 1180. The van der Waals surface area contributed by atoms with Crippen LogP contribution in [0.15, 0.2) is 93.6 Å². The molecule has 8 heteroatoms. The lowest BCUT2D eigenvalue weighted by Gasteiger charge is -2.14. The van der Waals surface area contributed by atoms with E-state index in [1.165, 1.54) is 35.7 Å². The summed E-state index contributed by atoms with van der Waals surface area (Å²) in [5, 5.41) is 11.3. The molecular weight excluding hydrogens is 448 g/mol. The van der Waals surface area contributed by atoms with Gasteiger partial charge in [0, 0.05) is 21.9 Å². The first kappa shape index (κ1) is 21.3. The van der Waals surface area contributed by atoms with Gasteiger partial charge in [-0.3, -0.25) is 19.8 Å². The lowest BCUT2D eigenvalue weighted by Crippen LogP contribution is -2.27. The molecule has 4 rings (SSSR count). The van der Waals surface area contributed by atoms with E-state index < -0.39 is 4.92 Å². The van der Waals surface area contributed by atoms with Crippen LogP contribution in [0.2, 0.25) is 0 Å². The Labute approximate surface area is 193 Å². The molecule has 3 aromatic rings. The van der Waals surface area contributed by atoms with Crippen molar-refractivity contribution in [3.63, 3.8) is 0 Å². The Hall–Kier alpha value is -2.94. The molecule has 154 valence electrons. The van der Waals surface area contributed by atoms with Gasteiger partial charge in [-0.2, -0.15) is 0 Å². The summed E-state index contributed by atoms with van der Waals surface area (Å²) in [7, 11) is 0. The fourth-order valence-corrected chi connectivity index (χ4v) is 5.18. The van der Waals surface area contributed by atoms with Crippen LogP contribution in [0, 0.1) is 10.1 Å². The molecule has 0 saturated carbocycles. The number of hydrogen-bond donors (Lipinski definition) is 0. The van der Waals surface area contributed by atoms with Crippen molar-refractivity contribution in [3.8, 4) is 0 Å². The summed E-state index contributed by atoms with van der Waals surface area (Å²) in [5.41, 5.74) is 1.57. The highest BCUT2D eigenvalue weighted by molar-refractivity contribution is 8.26. The summed E-state index contributed by atoms with van der Waals surface area (Å²) >= 11 is 8.13. The molecule has 0 N–H and O–H groups in total. The smallest absolute Gasteiger partial charge is 0.270 e. The third-order valence-corrected chi connectivity index (χ3v) is 7.00. The Kier molecular flexibility index (Phi) is 6.50. The van der Waals surface area contributed by atoms with Crippen LogP contribution >= 0.6 is 35.7 Å². The van der Waals surface area contributed by atoms with Crippen molar-refractivity contribution in [2.24, 2.45) is 0 Å². The van der Waals surface area contributed by atoms with Crippen LogP contribution in [0.4, 0.5) is 5.69 Å². The Morgan fingerprint density at radius 1 is 1.03 bits per heavy atom. The third kappa shape index (κ3) is 5.04. The normalized spacial score (nSPS) is 15.0. The summed E-state index contributed by atoms with van der Waals surface area (Å²) in [6, 6.07) is 24.0. The van der Waals surface area contributed by atoms with Gasteiger partial charge in [-0.05, 0) is 35.4 Å². The molecule has 1 saturated heterocycles. The number of non-ortho nitro benzene ring substituents is 1. The van der Waals surface area contributed by atoms with Gasteiger partial charge in [0.15, 0.2) is 0 Å². The molecular formula is C23H16N2O3S3. The van der Waals surface area contributed by atoms with Crippen LogP contribution in [0.1, 0.15) is 11.1 Å². The predicted octanol–water partition coefficient (Wildman–Crippen LogP) is 6.15. The second-order valence-corrected chi connectivity index (χ2v) is 9.44. The topological polar surface area (TPSA) is 63.4 Å². The van der Waals surface area contributed by atoms with Gasteiger partial charge in [-0.25, -0.2) is 0 Å². The van der Waals surface area contributed by atoms with Crippen LogP contribution < -0.4 is 0 Å².